The Balaban J connectivity index is 2.98. The van der Waals surface area contributed by atoms with Crippen molar-refractivity contribution in [3.63, 3.8) is 0 Å². The largest absolute Gasteiger partial charge is 0.193 e. The summed E-state index contributed by atoms with van der Waals surface area (Å²) in [7, 11) is 0. The average molecular weight is 178 g/mol. The van der Waals surface area contributed by atoms with E-state index in [1.54, 1.807) is 0 Å². The Morgan fingerprint density at radius 2 is 2.08 bits per heavy atom. The second-order valence-corrected chi connectivity index (χ2v) is 2.57. The van der Waals surface area contributed by atoms with Gasteiger partial charge in [0.25, 0.3) is 0 Å². The van der Waals surface area contributed by atoms with Gasteiger partial charge in [0.2, 0.25) is 0 Å². The van der Waals surface area contributed by atoms with Gasteiger partial charge in [0.1, 0.15) is 0 Å². The molecule has 0 aliphatic heterocycles. The summed E-state index contributed by atoms with van der Waals surface area (Å²) < 4.78 is 0. The lowest BCUT2D eigenvalue weighted by Gasteiger charge is -1.99. The summed E-state index contributed by atoms with van der Waals surface area (Å²) in [5.41, 5.74) is 1.87. The molecule has 1 rings (SSSR count). The summed E-state index contributed by atoms with van der Waals surface area (Å²) in [6.45, 7) is 0. The molecule has 0 aliphatic carbocycles. The van der Waals surface area contributed by atoms with Crippen LogP contribution in [0, 0.1) is 11.3 Å². The maximum absolute atomic E-state index is 8.44. The fraction of sp³-hybridized carbons (Fsp3) is 0.100. The van der Waals surface area contributed by atoms with Gasteiger partial charge in [-0.05, 0) is 11.1 Å². The van der Waals surface area contributed by atoms with Crippen molar-refractivity contribution in [2.24, 2.45) is 0 Å². The predicted octanol–water partition coefficient (Wildman–Crippen LogP) is 2.83. The minimum Gasteiger partial charge on any atom is -0.193 e. The van der Waals surface area contributed by atoms with E-state index in [0.29, 0.717) is 5.88 Å². The van der Waals surface area contributed by atoms with Gasteiger partial charge in [-0.2, -0.15) is 5.26 Å². The molecular formula is C10H8ClN. The molecular weight excluding hydrogens is 170 g/mol. The molecule has 0 aromatic heterocycles. The number of allylic oxidation sites excluding steroid dienone is 2. The monoisotopic (exact) mass is 177 g/mol. The smallest absolute Gasteiger partial charge is 0.0915 e. The molecule has 1 aromatic carbocycles. The van der Waals surface area contributed by atoms with Gasteiger partial charge in [-0.3, -0.25) is 0 Å². The molecule has 0 unspecified atom stereocenters. The van der Waals surface area contributed by atoms with E-state index in [-0.39, 0.29) is 0 Å². The minimum atomic E-state index is 0.373. The summed E-state index contributed by atoms with van der Waals surface area (Å²) >= 11 is 5.66. The van der Waals surface area contributed by atoms with Gasteiger partial charge in [0.05, 0.1) is 6.07 Å². The van der Waals surface area contributed by atoms with Crippen LogP contribution in [0.1, 0.15) is 5.56 Å². The number of rotatable bonds is 2. The Morgan fingerprint density at radius 3 is 2.58 bits per heavy atom. The van der Waals surface area contributed by atoms with Crippen LogP contribution in [0.2, 0.25) is 0 Å². The van der Waals surface area contributed by atoms with Crippen LogP contribution in [0.5, 0.6) is 0 Å². The number of halogens is 1. The van der Waals surface area contributed by atoms with Crippen molar-refractivity contribution in [2.75, 3.05) is 5.88 Å². The van der Waals surface area contributed by atoms with Crippen LogP contribution in [0.25, 0.3) is 5.57 Å². The Morgan fingerprint density at radius 1 is 1.42 bits per heavy atom. The second-order valence-electron chi connectivity index (χ2n) is 2.30. The number of benzene rings is 1. The number of nitrogens with zero attached hydrogens (tertiary/aromatic N) is 1. The SMILES string of the molecule is N#C/C=C(/CCl)c1ccccc1. The average Bonchev–Trinajstić information content (AvgIpc) is 2.15. The fourth-order valence-electron chi connectivity index (χ4n) is 0.929. The Bertz CT molecular complexity index is 308. The van der Waals surface area contributed by atoms with Crippen LogP contribution in [-0.4, -0.2) is 5.88 Å². The molecule has 0 aliphatic rings. The summed E-state index contributed by atoms with van der Waals surface area (Å²) in [5.74, 6) is 0.373. The summed E-state index contributed by atoms with van der Waals surface area (Å²) in [5, 5.41) is 8.44. The fourth-order valence-corrected chi connectivity index (χ4v) is 1.16. The first-order valence-corrected chi connectivity index (χ1v) is 4.12. The Labute approximate surface area is 76.9 Å². The zero-order valence-electron chi connectivity index (χ0n) is 6.50. The van der Waals surface area contributed by atoms with E-state index in [1.165, 1.54) is 6.08 Å². The van der Waals surface area contributed by atoms with Crippen molar-refractivity contribution < 1.29 is 0 Å². The highest BCUT2D eigenvalue weighted by Crippen LogP contribution is 2.14. The van der Waals surface area contributed by atoms with Gasteiger partial charge in [0.15, 0.2) is 0 Å². The molecule has 1 nitrogen and oxygen atoms in total. The normalized spacial score (nSPS) is 10.8. The second kappa shape index (κ2) is 4.58. The predicted molar refractivity (Wildman–Crippen MR) is 50.8 cm³/mol. The molecule has 0 radical (unpaired) electrons. The lowest BCUT2D eigenvalue weighted by Crippen LogP contribution is -1.83. The highest BCUT2D eigenvalue weighted by atomic mass is 35.5. The highest BCUT2D eigenvalue weighted by molar-refractivity contribution is 6.23. The molecule has 0 atom stereocenters. The summed E-state index contributed by atoms with van der Waals surface area (Å²) in [4.78, 5) is 0. The molecule has 1 aromatic rings. The van der Waals surface area contributed by atoms with Gasteiger partial charge >= 0.3 is 0 Å². The van der Waals surface area contributed by atoms with Crippen LogP contribution in [0.15, 0.2) is 36.4 Å². The Kier molecular flexibility index (Phi) is 3.37. The molecule has 0 bridgehead atoms. The maximum Gasteiger partial charge on any atom is 0.0915 e. The molecule has 2 heteroatoms. The standard InChI is InChI=1S/C10H8ClN/c11-8-10(6-7-12)9-4-2-1-3-5-9/h1-6H,8H2/b10-6-. The van der Waals surface area contributed by atoms with Crippen LogP contribution < -0.4 is 0 Å². The minimum absolute atomic E-state index is 0.373. The molecule has 0 heterocycles. The zero-order chi connectivity index (χ0) is 8.81. The van der Waals surface area contributed by atoms with Gasteiger partial charge < -0.3 is 0 Å². The topological polar surface area (TPSA) is 23.8 Å². The van der Waals surface area contributed by atoms with Crippen LogP contribution in [0.4, 0.5) is 0 Å². The maximum atomic E-state index is 8.44. The van der Waals surface area contributed by atoms with Crippen molar-refractivity contribution in [3.8, 4) is 6.07 Å². The van der Waals surface area contributed by atoms with Crippen molar-refractivity contribution in [3.05, 3.63) is 42.0 Å². The zero-order valence-corrected chi connectivity index (χ0v) is 7.25. The van der Waals surface area contributed by atoms with E-state index in [0.717, 1.165) is 11.1 Å². The van der Waals surface area contributed by atoms with E-state index >= 15 is 0 Å². The third-order valence-corrected chi connectivity index (χ3v) is 1.82. The molecule has 0 spiro atoms. The molecule has 0 saturated heterocycles. The molecule has 0 N–H and O–H groups in total. The Hall–Kier alpha value is -1.26. The van der Waals surface area contributed by atoms with Crippen LogP contribution in [-0.2, 0) is 0 Å². The van der Waals surface area contributed by atoms with Crippen molar-refractivity contribution in [1.82, 2.24) is 0 Å². The van der Waals surface area contributed by atoms with Gasteiger partial charge in [-0.25, -0.2) is 0 Å². The van der Waals surface area contributed by atoms with E-state index < -0.39 is 0 Å². The number of nitriles is 1. The third-order valence-electron chi connectivity index (χ3n) is 1.53. The van der Waals surface area contributed by atoms with E-state index in [1.807, 2.05) is 36.4 Å². The number of alkyl halides is 1. The molecule has 60 valence electrons. The van der Waals surface area contributed by atoms with Crippen LogP contribution in [0.3, 0.4) is 0 Å². The van der Waals surface area contributed by atoms with Crippen molar-refractivity contribution >= 4 is 17.2 Å². The molecule has 0 fully saturated rings. The molecule has 0 amide bonds. The lowest BCUT2D eigenvalue weighted by atomic mass is 10.1. The van der Waals surface area contributed by atoms with Crippen molar-refractivity contribution in [1.29, 1.82) is 5.26 Å². The first kappa shape index (κ1) is 8.83. The lowest BCUT2D eigenvalue weighted by molar-refractivity contribution is 1.52. The first-order chi connectivity index (χ1) is 5.88. The first-order valence-electron chi connectivity index (χ1n) is 3.58. The quantitative estimate of drug-likeness (QED) is 0.504. The van der Waals surface area contributed by atoms with E-state index in [4.69, 9.17) is 16.9 Å². The van der Waals surface area contributed by atoms with Gasteiger partial charge in [-0.1, -0.05) is 30.3 Å². The van der Waals surface area contributed by atoms with E-state index in [9.17, 15) is 0 Å². The summed E-state index contributed by atoms with van der Waals surface area (Å²) in [6, 6.07) is 11.6. The van der Waals surface area contributed by atoms with Crippen LogP contribution >= 0.6 is 11.6 Å². The third kappa shape index (κ3) is 2.11. The van der Waals surface area contributed by atoms with E-state index in [2.05, 4.69) is 0 Å². The summed E-state index contributed by atoms with van der Waals surface area (Å²) in [6.07, 6.45) is 1.47. The molecule has 12 heavy (non-hydrogen) atoms. The van der Waals surface area contributed by atoms with Gasteiger partial charge in [-0.15, -0.1) is 11.6 Å². The number of hydrogen-bond acceptors (Lipinski definition) is 1. The number of hydrogen-bond donors (Lipinski definition) is 0. The van der Waals surface area contributed by atoms with Crippen molar-refractivity contribution in [2.45, 2.75) is 0 Å². The van der Waals surface area contributed by atoms with Gasteiger partial charge in [0, 0.05) is 12.0 Å². The molecule has 0 saturated carbocycles. The highest BCUT2D eigenvalue weighted by Gasteiger charge is 1.96.